The Kier molecular flexibility index (Phi) is 5.25. The summed E-state index contributed by atoms with van der Waals surface area (Å²) in [6.07, 6.45) is 2.65. The third-order valence-corrected chi connectivity index (χ3v) is 3.75. The van der Waals surface area contributed by atoms with Gasteiger partial charge < -0.3 is 5.11 Å². The molecule has 1 N–H and O–H groups in total. The number of aryl methyl sites for hydroxylation is 1. The third-order valence-electron chi connectivity index (χ3n) is 3.75. The third kappa shape index (κ3) is 3.28. The summed E-state index contributed by atoms with van der Waals surface area (Å²) in [5, 5.41) is 10.3. The monoisotopic (exact) mass is 248 g/mol. The maximum atomic E-state index is 10.3. The van der Waals surface area contributed by atoms with Gasteiger partial charge in [-0.05, 0) is 48.6 Å². The Morgan fingerprint density at radius 3 is 2.00 bits per heavy atom. The Balaban J connectivity index is 0.000000771. The minimum atomic E-state index is 0.394. The summed E-state index contributed by atoms with van der Waals surface area (Å²) in [5.74, 6) is 2.25. The van der Waals surface area contributed by atoms with Gasteiger partial charge in [0, 0.05) is 0 Å². The molecule has 0 spiro atoms. The fourth-order valence-corrected chi connectivity index (χ4v) is 2.47. The summed E-state index contributed by atoms with van der Waals surface area (Å²) in [6.45, 7) is 12.6. The van der Waals surface area contributed by atoms with Crippen molar-refractivity contribution in [2.45, 2.75) is 66.2 Å². The van der Waals surface area contributed by atoms with Gasteiger partial charge in [-0.1, -0.05) is 52.3 Å². The van der Waals surface area contributed by atoms with Crippen molar-refractivity contribution < 1.29 is 5.11 Å². The van der Waals surface area contributed by atoms with Crippen molar-refractivity contribution in [3.8, 4) is 5.75 Å². The first-order chi connectivity index (χ1) is 8.50. The summed E-state index contributed by atoms with van der Waals surface area (Å²) in [5.41, 5.74) is 3.53. The summed E-state index contributed by atoms with van der Waals surface area (Å²) < 4.78 is 0. The minimum Gasteiger partial charge on any atom is -0.507 e. The fourth-order valence-electron chi connectivity index (χ4n) is 2.47. The second kappa shape index (κ2) is 6.26. The minimum absolute atomic E-state index is 0.394. The van der Waals surface area contributed by atoms with E-state index in [1.807, 2.05) is 13.8 Å². The lowest BCUT2D eigenvalue weighted by atomic mass is 9.89. The summed E-state index contributed by atoms with van der Waals surface area (Å²) in [4.78, 5) is 0. The van der Waals surface area contributed by atoms with E-state index in [0.717, 1.165) is 17.0 Å². The molecule has 1 fully saturated rings. The molecule has 102 valence electrons. The van der Waals surface area contributed by atoms with E-state index >= 15 is 0 Å². The van der Waals surface area contributed by atoms with Gasteiger partial charge in [0.25, 0.3) is 0 Å². The molecule has 0 amide bonds. The highest BCUT2D eigenvalue weighted by Gasteiger charge is 2.31. The van der Waals surface area contributed by atoms with Gasteiger partial charge in [-0.2, -0.15) is 0 Å². The molecule has 1 aromatic carbocycles. The van der Waals surface area contributed by atoms with Gasteiger partial charge in [-0.25, -0.2) is 0 Å². The topological polar surface area (TPSA) is 20.2 Å². The van der Waals surface area contributed by atoms with E-state index in [1.165, 1.54) is 18.4 Å². The molecule has 0 bridgehead atoms. The molecule has 0 radical (unpaired) electrons. The van der Waals surface area contributed by atoms with Crippen LogP contribution in [-0.2, 0) is 0 Å². The highest BCUT2D eigenvalue weighted by atomic mass is 16.3. The van der Waals surface area contributed by atoms with Crippen molar-refractivity contribution in [3.63, 3.8) is 0 Å². The molecule has 0 saturated heterocycles. The molecule has 1 saturated carbocycles. The zero-order valence-electron chi connectivity index (χ0n) is 12.7. The Morgan fingerprint density at radius 1 is 1.06 bits per heavy atom. The lowest BCUT2D eigenvalue weighted by molar-refractivity contribution is 0.448. The van der Waals surface area contributed by atoms with Crippen molar-refractivity contribution in [2.75, 3.05) is 0 Å². The number of rotatable bonds is 3. The second-order valence-corrected chi connectivity index (χ2v) is 5.57. The molecule has 2 rings (SSSR count). The van der Waals surface area contributed by atoms with Crippen molar-refractivity contribution in [3.05, 3.63) is 28.8 Å². The molecule has 0 aromatic heterocycles. The highest BCUT2D eigenvalue weighted by molar-refractivity contribution is 5.47. The van der Waals surface area contributed by atoms with Crippen LogP contribution in [0.3, 0.4) is 0 Å². The van der Waals surface area contributed by atoms with E-state index in [2.05, 4.69) is 39.8 Å². The maximum absolute atomic E-state index is 10.3. The van der Waals surface area contributed by atoms with E-state index in [1.54, 1.807) is 0 Å². The van der Waals surface area contributed by atoms with Crippen LogP contribution in [0.15, 0.2) is 12.1 Å². The van der Waals surface area contributed by atoms with Gasteiger partial charge in [-0.3, -0.25) is 0 Å². The Hall–Kier alpha value is -0.980. The van der Waals surface area contributed by atoms with Crippen molar-refractivity contribution >= 4 is 0 Å². The van der Waals surface area contributed by atoms with E-state index in [-0.39, 0.29) is 0 Å². The van der Waals surface area contributed by atoms with Gasteiger partial charge in [0.1, 0.15) is 5.75 Å². The fraction of sp³-hybridized carbons (Fsp3) is 0.647. The molecule has 1 atom stereocenters. The molecule has 1 aliphatic rings. The van der Waals surface area contributed by atoms with Crippen LogP contribution < -0.4 is 0 Å². The predicted molar refractivity (Wildman–Crippen MR) is 79.4 cm³/mol. The van der Waals surface area contributed by atoms with Crippen LogP contribution in [0.1, 0.15) is 76.0 Å². The molecule has 1 nitrogen and oxygen atoms in total. The SMILES string of the molecule is CC.Cc1cc(C(C)C)c(O)c(C(C)C2CC2)c1. The highest BCUT2D eigenvalue weighted by Crippen LogP contribution is 2.46. The van der Waals surface area contributed by atoms with Crippen LogP contribution in [0, 0.1) is 12.8 Å². The van der Waals surface area contributed by atoms with Crippen LogP contribution in [0.5, 0.6) is 5.75 Å². The molecule has 1 heteroatoms. The average molecular weight is 248 g/mol. The second-order valence-electron chi connectivity index (χ2n) is 5.57. The smallest absolute Gasteiger partial charge is 0.122 e. The summed E-state index contributed by atoms with van der Waals surface area (Å²) in [7, 11) is 0. The molecule has 0 aliphatic heterocycles. The number of phenols is 1. The predicted octanol–water partition coefficient (Wildman–Crippen LogP) is 5.36. The Labute approximate surface area is 112 Å². The molecule has 18 heavy (non-hydrogen) atoms. The Morgan fingerprint density at radius 2 is 1.56 bits per heavy atom. The van der Waals surface area contributed by atoms with E-state index in [4.69, 9.17) is 0 Å². The first-order valence-electron chi connectivity index (χ1n) is 7.34. The quantitative estimate of drug-likeness (QED) is 0.763. The Bertz CT molecular complexity index is 389. The zero-order chi connectivity index (χ0) is 13.9. The number of hydrogen-bond donors (Lipinski definition) is 1. The zero-order valence-corrected chi connectivity index (χ0v) is 12.7. The van der Waals surface area contributed by atoms with E-state index in [9.17, 15) is 5.11 Å². The lowest BCUT2D eigenvalue weighted by Crippen LogP contribution is -2.00. The molecule has 1 aromatic rings. The van der Waals surface area contributed by atoms with Crippen molar-refractivity contribution in [1.29, 1.82) is 0 Å². The number of hydrogen-bond acceptors (Lipinski definition) is 1. The first kappa shape index (κ1) is 15.1. The number of aromatic hydroxyl groups is 1. The average Bonchev–Trinajstić information content (AvgIpc) is 3.17. The first-order valence-corrected chi connectivity index (χ1v) is 7.34. The maximum Gasteiger partial charge on any atom is 0.122 e. The summed E-state index contributed by atoms with van der Waals surface area (Å²) in [6, 6.07) is 4.27. The van der Waals surface area contributed by atoms with Gasteiger partial charge in [0.2, 0.25) is 0 Å². The van der Waals surface area contributed by atoms with Gasteiger partial charge in [-0.15, -0.1) is 0 Å². The molecular formula is C17H28O. The van der Waals surface area contributed by atoms with Crippen LogP contribution in [0.2, 0.25) is 0 Å². The standard InChI is InChI=1S/C15H22O.C2H6/c1-9(2)13-7-10(3)8-14(15(13)16)11(4)12-5-6-12;1-2/h7-9,11-12,16H,5-6H2,1-4H3;1-2H3. The molecule has 1 unspecified atom stereocenters. The van der Waals surface area contributed by atoms with Crippen LogP contribution in [0.25, 0.3) is 0 Å². The largest absolute Gasteiger partial charge is 0.507 e. The molecule has 0 heterocycles. The molecule has 1 aliphatic carbocycles. The van der Waals surface area contributed by atoms with Gasteiger partial charge in [0.05, 0.1) is 0 Å². The lowest BCUT2D eigenvalue weighted by Gasteiger charge is -2.18. The van der Waals surface area contributed by atoms with E-state index in [0.29, 0.717) is 17.6 Å². The van der Waals surface area contributed by atoms with Crippen LogP contribution in [0.4, 0.5) is 0 Å². The van der Waals surface area contributed by atoms with Crippen LogP contribution >= 0.6 is 0 Å². The number of phenolic OH excluding ortho intramolecular Hbond substituents is 1. The van der Waals surface area contributed by atoms with Crippen molar-refractivity contribution in [2.24, 2.45) is 5.92 Å². The van der Waals surface area contributed by atoms with Gasteiger partial charge in [0.15, 0.2) is 0 Å². The van der Waals surface area contributed by atoms with Crippen LogP contribution in [-0.4, -0.2) is 5.11 Å². The van der Waals surface area contributed by atoms with Crippen molar-refractivity contribution in [1.82, 2.24) is 0 Å². The number of benzene rings is 1. The van der Waals surface area contributed by atoms with E-state index < -0.39 is 0 Å². The summed E-state index contributed by atoms with van der Waals surface area (Å²) >= 11 is 0. The van der Waals surface area contributed by atoms with Gasteiger partial charge >= 0.3 is 0 Å². The molecular weight excluding hydrogens is 220 g/mol. The normalized spacial score (nSPS) is 16.2.